The number of anilines is 2. The molecule has 2 amide bonds. The Hall–Kier alpha value is -4.08. The monoisotopic (exact) mass is 442 g/mol. The summed E-state index contributed by atoms with van der Waals surface area (Å²) in [5, 5.41) is 5.04. The Morgan fingerprint density at radius 2 is 1.19 bits per heavy atom. The van der Waals surface area contributed by atoms with Gasteiger partial charge in [-0.1, -0.05) is 0 Å². The maximum Gasteiger partial charge on any atom is 0.340 e. The van der Waals surface area contributed by atoms with Gasteiger partial charge in [-0.05, 0) is 50.2 Å². The van der Waals surface area contributed by atoms with Gasteiger partial charge in [-0.3, -0.25) is 15.0 Å². The van der Waals surface area contributed by atoms with Crippen LogP contribution in [0.3, 0.4) is 0 Å². The quantitative estimate of drug-likeness (QED) is 0.343. The summed E-state index contributed by atoms with van der Waals surface area (Å²) in [6, 6.07) is 8.82. The fraction of sp³-hybridized carbons (Fsp3) is 0.273. The van der Waals surface area contributed by atoms with E-state index in [4.69, 9.17) is 9.47 Å². The number of nitrogens with one attached hydrogen (secondary N) is 4. The number of hydrogen-bond donors (Lipinski definition) is 4. The minimum atomic E-state index is -0.599. The van der Waals surface area contributed by atoms with E-state index in [2.05, 4.69) is 21.5 Å². The molecule has 4 N–H and O–H groups in total. The first-order valence-corrected chi connectivity index (χ1v) is 9.94. The first kappa shape index (κ1) is 24.2. The van der Waals surface area contributed by atoms with E-state index < -0.39 is 11.9 Å². The van der Waals surface area contributed by atoms with Crippen LogP contribution in [-0.2, 0) is 9.47 Å². The highest BCUT2D eigenvalue weighted by molar-refractivity contribution is 6.03. The molecule has 2 aromatic carbocycles. The SMILES string of the molecule is CCOC(=O)c1ccc(C(=O)OCC)c(NNc2cc(C(=O)NC)ccc2C(=O)NC)c1. The molecule has 0 spiro atoms. The first-order valence-electron chi connectivity index (χ1n) is 9.94. The molecule has 170 valence electrons. The van der Waals surface area contributed by atoms with Crippen LogP contribution >= 0.6 is 0 Å². The van der Waals surface area contributed by atoms with E-state index in [0.717, 1.165) is 0 Å². The first-order chi connectivity index (χ1) is 15.4. The fourth-order valence-electron chi connectivity index (χ4n) is 2.78. The van der Waals surface area contributed by atoms with Crippen molar-refractivity contribution in [3.05, 3.63) is 58.7 Å². The lowest BCUT2D eigenvalue weighted by Crippen LogP contribution is -2.23. The Labute approximate surface area is 185 Å². The third-order valence-electron chi connectivity index (χ3n) is 4.34. The zero-order valence-corrected chi connectivity index (χ0v) is 18.3. The second-order valence-corrected chi connectivity index (χ2v) is 6.37. The Morgan fingerprint density at radius 3 is 1.78 bits per heavy atom. The van der Waals surface area contributed by atoms with Crippen molar-refractivity contribution in [2.75, 3.05) is 38.2 Å². The van der Waals surface area contributed by atoms with E-state index >= 15 is 0 Å². The van der Waals surface area contributed by atoms with Crippen molar-refractivity contribution in [2.24, 2.45) is 0 Å². The maximum atomic E-state index is 12.4. The fourth-order valence-corrected chi connectivity index (χ4v) is 2.78. The van der Waals surface area contributed by atoms with Crippen LogP contribution < -0.4 is 21.5 Å². The summed E-state index contributed by atoms with van der Waals surface area (Å²) < 4.78 is 10.1. The second-order valence-electron chi connectivity index (χ2n) is 6.37. The van der Waals surface area contributed by atoms with E-state index in [0.29, 0.717) is 5.56 Å². The maximum absolute atomic E-state index is 12.4. The highest BCUT2D eigenvalue weighted by Crippen LogP contribution is 2.23. The molecule has 0 aliphatic carbocycles. The molecule has 0 aliphatic rings. The van der Waals surface area contributed by atoms with Gasteiger partial charge in [0.25, 0.3) is 11.8 Å². The Morgan fingerprint density at radius 1 is 0.688 bits per heavy atom. The molecule has 2 aromatic rings. The molecule has 0 heterocycles. The number of rotatable bonds is 9. The highest BCUT2D eigenvalue weighted by atomic mass is 16.5. The molecule has 0 radical (unpaired) electrons. The smallest absolute Gasteiger partial charge is 0.340 e. The number of carbonyl (C=O) groups is 4. The van der Waals surface area contributed by atoms with Crippen LogP contribution in [0.4, 0.5) is 11.4 Å². The molecular formula is C22H26N4O6. The van der Waals surface area contributed by atoms with Crippen LogP contribution in [0, 0.1) is 0 Å². The number of hydrogen-bond acceptors (Lipinski definition) is 8. The van der Waals surface area contributed by atoms with Crippen LogP contribution in [0.25, 0.3) is 0 Å². The minimum absolute atomic E-state index is 0.163. The van der Waals surface area contributed by atoms with Gasteiger partial charge in [-0.15, -0.1) is 0 Å². The minimum Gasteiger partial charge on any atom is -0.462 e. The van der Waals surface area contributed by atoms with E-state index in [9.17, 15) is 19.2 Å². The van der Waals surface area contributed by atoms with E-state index in [1.54, 1.807) is 13.8 Å². The summed E-state index contributed by atoms with van der Waals surface area (Å²) in [5.41, 5.74) is 7.14. The third-order valence-corrected chi connectivity index (χ3v) is 4.34. The molecule has 10 nitrogen and oxygen atoms in total. The zero-order chi connectivity index (χ0) is 23.7. The Kier molecular flexibility index (Phi) is 8.58. The average Bonchev–Trinajstić information content (AvgIpc) is 2.81. The molecule has 0 fully saturated rings. The standard InChI is InChI=1S/C22H26N4O6/c1-5-31-21(29)14-8-10-16(22(30)32-6-2)18(12-14)26-25-17-11-13(19(27)23-3)7-9-15(17)20(28)24-4/h7-12,25-26H,5-6H2,1-4H3,(H,23,27)(H,24,28). The Bertz CT molecular complexity index is 1020. The van der Waals surface area contributed by atoms with Crippen molar-refractivity contribution in [1.82, 2.24) is 10.6 Å². The summed E-state index contributed by atoms with van der Waals surface area (Å²) in [7, 11) is 2.97. The molecule has 0 bridgehead atoms. The predicted molar refractivity (Wildman–Crippen MR) is 119 cm³/mol. The number of ether oxygens (including phenoxy) is 2. The van der Waals surface area contributed by atoms with Gasteiger partial charge < -0.3 is 25.5 Å². The van der Waals surface area contributed by atoms with Crippen LogP contribution in [-0.4, -0.2) is 51.1 Å². The molecule has 32 heavy (non-hydrogen) atoms. The van der Waals surface area contributed by atoms with Crippen LogP contribution in [0.15, 0.2) is 36.4 Å². The second kappa shape index (κ2) is 11.3. The van der Waals surface area contributed by atoms with Gasteiger partial charge in [0.2, 0.25) is 0 Å². The Balaban J connectivity index is 2.45. The van der Waals surface area contributed by atoms with Gasteiger partial charge in [-0.25, -0.2) is 9.59 Å². The van der Waals surface area contributed by atoms with E-state index in [1.165, 1.54) is 50.5 Å². The number of benzene rings is 2. The summed E-state index contributed by atoms with van der Waals surface area (Å²) in [6.07, 6.45) is 0. The van der Waals surface area contributed by atoms with Gasteiger partial charge >= 0.3 is 11.9 Å². The molecule has 0 aliphatic heterocycles. The third kappa shape index (κ3) is 5.75. The van der Waals surface area contributed by atoms with E-state index in [-0.39, 0.29) is 53.1 Å². The number of esters is 2. The van der Waals surface area contributed by atoms with Gasteiger partial charge in [0.15, 0.2) is 0 Å². The van der Waals surface area contributed by atoms with Crippen LogP contribution in [0.2, 0.25) is 0 Å². The average molecular weight is 442 g/mol. The lowest BCUT2D eigenvalue weighted by atomic mass is 10.1. The molecule has 0 aromatic heterocycles. The largest absolute Gasteiger partial charge is 0.462 e. The summed E-state index contributed by atoms with van der Waals surface area (Å²) in [6.45, 7) is 3.73. The van der Waals surface area contributed by atoms with Crippen molar-refractivity contribution < 1.29 is 28.7 Å². The number of amides is 2. The van der Waals surface area contributed by atoms with Gasteiger partial charge in [0, 0.05) is 19.7 Å². The molecule has 0 saturated heterocycles. The van der Waals surface area contributed by atoms with Gasteiger partial charge in [0.1, 0.15) is 0 Å². The molecule has 2 rings (SSSR count). The predicted octanol–water partition coefficient (Wildman–Crippen LogP) is 2.20. The summed E-state index contributed by atoms with van der Waals surface area (Å²) >= 11 is 0. The van der Waals surface area contributed by atoms with Crippen molar-refractivity contribution >= 4 is 35.1 Å². The van der Waals surface area contributed by atoms with Crippen LogP contribution in [0.1, 0.15) is 55.3 Å². The van der Waals surface area contributed by atoms with Crippen molar-refractivity contribution in [3.8, 4) is 0 Å². The topological polar surface area (TPSA) is 135 Å². The number of hydrazine groups is 1. The molecular weight excluding hydrogens is 416 g/mol. The summed E-state index contributed by atoms with van der Waals surface area (Å²) in [5.74, 6) is -1.88. The molecule has 0 unspecified atom stereocenters. The highest BCUT2D eigenvalue weighted by Gasteiger charge is 2.18. The van der Waals surface area contributed by atoms with Gasteiger partial charge in [-0.2, -0.15) is 0 Å². The molecule has 0 atom stereocenters. The number of carbonyl (C=O) groups excluding carboxylic acids is 4. The summed E-state index contributed by atoms with van der Waals surface area (Å²) in [4.78, 5) is 48.8. The zero-order valence-electron chi connectivity index (χ0n) is 18.3. The lowest BCUT2D eigenvalue weighted by Gasteiger charge is -2.17. The van der Waals surface area contributed by atoms with Crippen molar-refractivity contribution in [3.63, 3.8) is 0 Å². The van der Waals surface area contributed by atoms with Crippen molar-refractivity contribution in [2.45, 2.75) is 13.8 Å². The molecule has 0 saturated carbocycles. The van der Waals surface area contributed by atoms with E-state index in [1.807, 2.05) is 0 Å². The lowest BCUT2D eigenvalue weighted by molar-refractivity contribution is 0.0512. The molecule has 10 heteroatoms. The van der Waals surface area contributed by atoms with Crippen LogP contribution in [0.5, 0.6) is 0 Å². The van der Waals surface area contributed by atoms with Gasteiger partial charge in [0.05, 0.1) is 41.3 Å². The van der Waals surface area contributed by atoms with Crippen molar-refractivity contribution in [1.29, 1.82) is 0 Å². The normalized spacial score (nSPS) is 10.0.